The number of piperazine rings is 1. The van der Waals surface area contributed by atoms with E-state index in [0.717, 1.165) is 6.42 Å². The SMILES string of the molecule is O=C([C@H]1CCCO1)N1CCN(S(=O)(=O)c2c(F)c(F)cc(F)c2F)CC1. The van der Waals surface area contributed by atoms with Crippen molar-refractivity contribution in [1.82, 2.24) is 9.21 Å². The summed E-state index contributed by atoms with van der Waals surface area (Å²) in [5.41, 5.74) is 0. The van der Waals surface area contributed by atoms with Gasteiger partial charge in [0.2, 0.25) is 10.0 Å². The largest absolute Gasteiger partial charge is 0.368 e. The zero-order valence-electron chi connectivity index (χ0n) is 13.6. The van der Waals surface area contributed by atoms with Gasteiger partial charge in [0.15, 0.2) is 28.2 Å². The first-order valence-electron chi connectivity index (χ1n) is 7.97. The van der Waals surface area contributed by atoms with Crippen molar-refractivity contribution >= 4 is 15.9 Å². The van der Waals surface area contributed by atoms with Gasteiger partial charge in [-0.25, -0.2) is 26.0 Å². The normalized spacial score (nSPS) is 22.0. The number of amides is 1. The van der Waals surface area contributed by atoms with Crippen molar-refractivity contribution in [2.45, 2.75) is 23.8 Å². The number of ether oxygens (including phenoxy) is 1. The van der Waals surface area contributed by atoms with Crippen molar-refractivity contribution < 1.29 is 35.5 Å². The van der Waals surface area contributed by atoms with Gasteiger partial charge in [-0.1, -0.05) is 0 Å². The van der Waals surface area contributed by atoms with Crippen molar-refractivity contribution in [2.24, 2.45) is 0 Å². The highest BCUT2D eigenvalue weighted by Crippen LogP contribution is 2.27. The van der Waals surface area contributed by atoms with E-state index >= 15 is 0 Å². The molecular formula is C15H16F4N2O4S. The summed E-state index contributed by atoms with van der Waals surface area (Å²) in [5.74, 6) is -7.80. The first kappa shape index (κ1) is 19.1. The molecule has 1 aromatic rings. The molecule has 1 atom stereocenters. The minimum Gasteiger partial charge on any atom is -0.368 e. The van der Waals surface area contributed by atoms with E-state index in [2.05, 4.69) is 0 Å². The van der Waals surface area contributed by atoms with Gasteiger partial charge in [0.05, 0.1) is 0 Å². The second-order valence-corrected chi connectivity index (χ2v) is 7.90. The Kier molecular flexibility index (Phi) is 5.22. The highest BCUT2D eigenvalue weighted by molar-refractivity contribution is 7.89. The maximum absolute atomic E-state index is 13.8. The molecule has 1 aromatic carbocycles. The van der Waals surface area contributed by atoms with E-state index in [1.807, 2.05) is 0 Å². The predicted molar refractivity (Wildman–Crippen MR) is 80.6 cm³/mol. The Hall–Kier alpha value is -1.72. The van der Waals surface area contributed by atoms with Crippen LogP contribution in [0.2, 0.25) is 0 Å². The lowest BCUT2D eigenvalue weighted by molar-refractivity contribution is -0.142. The van der Waals surface area contributed by atoms with Crippen molar-refractivity contribution in [3.8, 4) is 0 Å². The van der Waals surface area contributed by atoms with Gasteiger partial charge in [-0.15, -0.1) is 0 Å². The van der Waals surface area contributed by atoms with E-state index in [1.54, 1.807) is 0 Å². The zero-order chi connectivity index (χ0) is 19.1. The topological polar surface area (TPSA) is 66.9 Å². The highest BCUT2D eigenvalue weighted by atomic mass is 32.2. The Labute approximate surface area is 147 Å². The molecular weight excluding hydrogens is 380 g/mol. The van der Waals surface area contributed by atoms with Crippen molar-refractivity contribution in [1.29, 1.82) is 0 Å². The van der Waals surface area contributed by atoms with Gasteiger partial charge in [0.25, 0.3) is 5.91 Å². The third-order valence-corrected chi connectivity index (χ3v) is 6.34. The van der Waals surface area contributed by atoms with Crippen LogP contribution < -0.4 is 0 Å². The molecule has 0 radical (unpaired) electrons. The number of carbonyl (C=O) groups excluding carboxylic acids is 1. The molecule has 2 fully saturated rings. The molecule has 0 aliphatic carbocycles. The van der Waals surface area contributed by atoms with Crippen LogP contribution in [0.15, 0.2) is 11.0 Å². The van der Waals surface area contributed by atoms with Crippen LogP contribution >= 0.6 is 0 Å². The lowest BCUT2D eigenvalue weighted by Crippen LogP contribution is -2.53. The third kappa shape index (κ3) is 3.30. The fraction of sp³-hybridized carbons (Fsp3) is 0.533. The molecule has 0 bridgehead atoms. The van der Waals surface area contributed by atoms with Crippen molar-refractivity contribution in [3.63, 3.8) is 0 Å². The van der Waals surface area contributed by atoms with Gasteiger partial charge in [-0.3, -0.25) is 4.79 Å². The summed E-state index contributed by atoms with van der Waals surface area (Å²) < 4.78 is 85.2. The van der Waals surface area contributed by atoms with Crippen LogP contribution in [-0.4, -0.2) is 62.4 Å². The van der Waals surface area contributed by atoms with E-state index in [4.69, 9.17) is 4.74 Å². The summed E-state index contributed by atoms with van der Waals surface area (Å²) in [6.07, 6.45) is 0.774. The number of halogens is 4. The van der Waals surface area contributed by atoms with Crippen LogP contribution in [-0.2, 0) is 19.6 Å². The van der Waals surface area contributed by atoms with Crippen molar-refractivity contribution in [2.75, 3.05) is 32.8 Å². The van der Waals surface area contributed by atoms with Crippen LogP contribution in [0.3, 0.4) is 0 Å². The second kappa shape index (κ2) is 7.12. The summed E-state index contributed by atoms with van der Waals surface area (Å²) in [5, 5.41) is 0. The third-order valence-electron chi connectivity index (χ3n) is 4.42. The summed E-state index contributed by atoms with van der Waals surface area (Å²) in [6, 6.07) is -0.0537. The Morgan fingerprint density at radius 1 is 1.04 bits per heavy atom. The lowest BCUT2D eigenvalue weighted by Gasteiger charge is -2.35. The number of hydrogen-bond donors (Lipinski definition) is 0. The molecule has 2 saturated heterocycles. The average molecular weight is 396 g/mol. The van der Waals surface area contributed by atoms with Crippen LogP contribution in [0.1, 0.15) is 12.8 Å². The van der Waals surface area contributed by atoms with Crippen LogP contribution in [0.4, 0.5) is 17.6 Å². The fourth-order valence-electron chi connectivity index (χ4n) is 3.03. The quantitative estimate of drug-likeness (QED) is 0.570. The minimum absolute atomic E-state index is 0.0149. The number of nitrogens with zero attached hydrogens (tertiary/aromatic N) is 2. The van der Waals surface area contributed by atoms with Gasteiger partial charge in [-0.2, -0.15) is 4.31 Å². The first-order chi connectivity index (χ1) is 12.2. The van der Waals surface area contributed by atoms with E-state index in [9.17, 15) is 30.8 Å². The maximum Gasteiger partial charge on any atom is 0.251 e. The standard InChI is InChI=1S/C15H16F4N2O4S/c16-9-8-10(17)13(19)14(12(9)18)26(23,24)21-5-3-20(4-6-21)15(22)11-2-1-7-25-11/h8,11H,1-7H2/t11-/m1/s1. The molecule has 0 N–H and O–H groups in total. The lowest BCUT2D eigenvalue weighted by atomic mass is 10.2. The molecule has 2 aliphatic heterocycles. The Bertz CT molecular complexity index is 793. The van der Waals surface area contributed by atoms with Crippen LogP contribution in [0.25, 0.3) is 0 Å². The molecule has 0 unspecified atom stereocenters. The van der Waals surface area contributed by atoms with E-state index in [0.29, 0.717) is 17.3 Å². The highest BCUT2D eigenvalue weighted by Gasteiger charge is 2.38. The molecule has 1 amide bonds. The van der Waals surface area contributed by atoms with Crippen LogP contribution in [0.5, 0.6) is 0 Å². The first-order valence-corrected chi connectivity index (χ1v) is 9.41. The molecule has 144 valence electrons. The van der Waals surface area contributed by atoms with Gasteiger partial charge in [0, 0.05) is 38.9 Å². The molecule has 26 heavy (non-hydrogen) atoms. The van der Waals surface area contributed by atoms with Gasteiger partial charge in [0.1, 0.15) is 6.10 Å². The summed E-state index contributed by atoms with van der Waals surface area (Å²) in [4.78, 5) is 12.0. The van der Waals surface area contributed by atoms with Gasteiger partial charge < -0.3 is 9.64 Å². The molecule has 0 spiro atoms. The summed E-state index contributed by atoms with van der Waals surface area (Å²) in [7, 11) is -4.80. The second-order valence-electron chi connectivity index (χ2n) is 6.03. The molecule has 0 aromatic heterocycles. The fourth-order valence-corrected chi connectivity index (χ4v) is 4.58. The Balaban J connectivity index is 1.78. The van der Waals surface area contributed by atoms with E-state index in [1.165, 1.54) is 4.90 Å². The Morgan fingerprint density at radius 2 is 1.62 bits per heavy atom. The maximum atomic E-state index is 13.8. The number of hydrogen-bond acceptors (Lipinski definition) is 4. The minimum atomic E-state index is -4.80. The molecule has 2 heterocycles. The van der Waals surface area contributed by atoms with Gasteiger partial charge in [-0.05, 0) is 12.8 Å². The summed E-state index contributed by atoms with van der Waals surface area (Å²) in [6.45, 7) is -0.0536. The van der Waals surface area contributed by atoms with Crippen LogP contribution in [0, 0.1) is 23.3 Å². The average Bonchev–Trinajstić information content (AvgIpc) is 3.14. The number of carbonyl (C=O) groups is 1. The summed E-state index contributed by atoms with van der Waals surface area (Å²) >= 11 is 0. The van der Waals surface area contributed by atoms with E-state index < -0.39 is 44.3 Å². The van der Waals surface area contributed by atoms with Gasteiger partial charge >= 0.3 is 0 Å². The van der Waals surface area contributed by atoms with E-state index in [-0.39, 0.29) is 38.2 Å². The smallest absolute Gasteiger partial charge is 0.251 e. The molecule has 0 saturated carbocycles. The number of sulfonamides is 1. The van der Waals surface area contributed by atoms with Crippen molar-refractivity contribution in [3.05, 3.63) is 29.3 Å². The monoisotopic (exact) mass is 396 g/mol. The predicted octanol–water partition coefficient (Wildman–Crippen LogP) is 1.25. The number of benzene rings is 1. The Morgan fingerprint density at radius 3 is 2.12 bits per heavy atom. The molecule has 2 aliphatic rings. The zero-order valence-corrected chi connectivity index (χ0v) is 14.4. The number of rotatable bonds is 3. The molecule has 3 rings (SSSR count). The molecule has 11 heteroatoms. The molecule has 6 nitrogen and oxygen atoms in total.